The molecule has 0 amide bonds. The van der Waals surface area contributed by atoms with Crippen molar-refractivity contribution in [3.63, 3.8) is 0 Å². The molecule has 0 aliphatic rings. The van der Waals surface area contributed by atoms with Crippen LogP contribution in [0.15, 0.2) is 48.7 Å². The number of anilines is 1. The van der Waals surface area contributed by atoms with Crippen molar-refractivity contribution < 1.29 is 4.79 Å². The first kappa shape index (κ1) is 14.3. The molecular formula is C17H20N2O. The molecule has 0 atom stereocenters. The summed E-state index contributed by atoms with van der Waals surface area (Å²) < 4.78 is 0. The van der Waals surface area contributed by atoms with Crippen molar-refractivity contribution in [1.29, 1.82) is 0 Å². The average molecular weight is 268 g/mol. The molecule has 1 aromatic heterocycles. The van der Waals surface area contributed by atoms with Gasteiger partial charge in [-0.3, -0.25) is 9.78 Å². The third-order valence-corrected chi connectivity index (χ3v) is 3.32. The zero-order valence-corrected chi connectivity index (χ0v) is 12.0. The fourth-order valence-electron chi connectivity index (χ4n) is 2.11. The molecule has 0 radical (unpaired) electrons. The second kappa shape index (κ2) is 6.85. The number of pyridine rings is 1. The predicted molar refractivity (Wildman–Crippen MR) is 82.0 cm³/mol. The third kappa shape index (κ3) is 3.44. The lowest BCUT2D eigenvalue weighted by Gasteiger charge is -2.23. The molecule has 0 saturated carbocycles. The van der Waals surface area contributed by atoms with Crippen LogP contribution in [-0.4, -0.2) is 17.3 Å². The minimum Gasteiger partial charge on any atom is -0.366 e. The first-order chi connectivity index (χ1) is 9.74. The summed E-state index contributed by atoms with van der Waals surface area (Å²) in [4.78, 5) is 18.1. The zero-order chi connectivity index (χ0) is 14.4. The van der Waals surface area contributed by atoms with Crippen LogP contribution in [0.3, 0.4) is 0 Å². The van der Waals surface area contributed by atoms with Crippen molar-refractivity contribution >= 4 is 11.5 Å². The SMILES string of the molecule is CCC(=O)c1ccc(N(CC)Cc2ccccc2)cn1. The number of hydrogen-bond donors (Lipinski definition) is 0. The van der Waals surface area contributed by atoms with E-state index >= 15 is 0 Å². The van der Waals surface area contributed by atoms with E-state index in [1.54, 1.807) is 6.20 Å². The van der Waals surface area contributed by atoms with Crippen LogP contribution in [-0.2, 0) is 6.54 Å². The van der Waals surface area contributed by atoms with Crippen molar-refractivity contribution in [3.05, 3.63) is 59.9 Å². The number of benzene rings is 1. The standard InChI is InChI=1S/C17H20N2O/c1-3-17(20)16-11-10-15(12-18-16)19(4-2)13-14-8-6-5-7-9-14/h5-12H,3-4,13H2,1-2H3. The number of Topliss-reactive ketones (excluding diaryl/α,β-unsaturated/α-hetero) is 1. The van der Waals surface area contributed by atoms with Gasteiger partial charge in [-0.1, -0.05) is 37.3 Å². The molecule has 2 rings (SSSR count). The number of ketones is 1. The number of rotatable bonds is 6. The van der Waals surface area contributed by atoms with Gasteiger partial charge >= 0.3 is 0 Å². The maximum atomic E-state index is 11.6. The molecule has 0 bridgehead atoms. The zero-order valence-electron chi connectivity index (χ0n) is 12.0. The number of carbonyl (C=O) groups is 1. The molecule has 0 aliphatic heterocycles. The highest BCUT2D eigenvalue weighted by molar-refractivity contribution is 5.94. The highest BCUT2D eigenvalue weighted by atomic mass is 16.1. The van der Waals surface area contributed by atoms with Gasteiger partial charge in [-0.15, -0.1) is 0 Å². The molecule has 3 heteroatoms. The Morgan fingerprint density at radius 1 is 1.10 bits per heavy atom. The quantitative estimate of drug-likeness (QED) is 0.749. The molecule has 0 aliphatic carbocycles. The number of carbonyl (C=O) groups excluding carboxylic acids is 1. The van der Waals surface area contributed by atoms with Crippen LogP contribution in [0.4, 0.5) is 5.69 Å². The van der Waals surface area contributed by atoms with Crippen molar-refractivity contribution in [2.24, 2.45) is 0 Å². The van der Waals surface area contributed by atoms with Crippen LogP contribution in [0.2, 0.25) is 0 Å². The number of aromatic nitrogens is 1. The molecule has 0 spiro atoms. The molecule has 0 N–H and O–H groups in total. The monoisotopic (exact) mass is 268 g/mol. The number of hydrogen-bond acceptors (Lipinski definition) is 3. The molecule has 2 aromatic rings. The molecule has 1 aromatic carbocycles. The lowest BCUT2D eigenvalue weighted by molar-refractivity contribution is 0.0983. The molecular weight excluding hydrogens is 248 g/mol. The minimum absolute atomic E-state index is 0.0858. The van der Waals surface area contributed by atoms with Gasteiger partial charge in [-0.2, -0.15) is 0 Å². The first-order valence-corrected chi connectivity index (χ1v) is 7.02. The van der Waals surface area contributed by atoms with Crippen LogP contribution in [0.1, 0.15) is 36.3 Å². The van der Waals surface area contributed by atoms with Gasteiger partial charge in [0.25, 0.3) is 0 Å². The Kier molecular flexibility index (Phi) is 4.88. The van der Waals surface area contributed by atoms with E-state index in [4.69, 9.17) is 0 Å². The summed E-state index contributed by atoms with van der Waals surface area (Å²) in [6, 6.07) is 14.1. The van der Waals surface area contributed by atoms with Gasteiger partial charge in [0, 0.05) is 19.5 Å². The normalized spacial score (nSPS) is 10.3. The summed E-state index contributed by atoms with van der Waals surface area (Å²) in [5, 5.41) is 0. The highest BCUT2D eigenvalue weighted by Crippen LogP contribution is 2.16. The van der Waals surface area contributed by atoms with Crippen LogP contribution in [0.5, 0.6) is 0 Å². The van der Waals surface area contributed by atoms with Gasteiger partial charge in [-0.25, -0.2) is 0 Å². The minimum atomic E-state index is 0.0858. The molecule has 1 heterocycles. The van der Waals surface area contributed by atoms with Crippen LogP contribution < -0.4 is 4.90 Å². The van der Waals surface area contributed by atoms with Gasteiger partial charge in [0.15, 0.2) is 5.78 Å². The maximum absolute atomic E-state index is 11.6. The molecule has 0 saturated heterocycles. The van der Waals surface area contributed by atoms with E-state index in [9.17, 15) is 4.79 Å². The molecule has 20 heavy (non-hydrogen) atoms. The van der Waals surface area contributed by atoms with Crippen molar-refractivity contribution in [2.45, 2.75) is 26.8 Å². The van der Waals surface area contributed by atoms with E-state index in [1.807, 2.05) is 37.3 Å². The molecule has 0 fully saturated rings. The smallest absolute Gasteiger partial charge is 0.180 e. The lowest BCUT2D eigenvalue weighted by Crippen LogP contribution is -2.22. The maximum Gasteiger partial charge on any atom is 0.180 e. The van der Waals surface area contributed by atoms with E-state index in [0.717, 1.165) is 18.8 Å². The molecule has 3 nitrogen and oxygen atoms in total. The summed E-state index contributed by atoms with van der Waals surface area (Å²) in [5.41, 5.74) is 2.86. The Bertz CT molecular complexity index is 549. The Morgan fingerprint density at radius 3 is 2.40 bits per heavy atom. The van der Waals surface area contributed by atoms with E-state index in [1.165, 1.54) is 5.56 Å². The van der Waals surface area contributed by atoms with Gasteiger partial charge in [-0.05, 0) is 24.6 Å². The molecule has 0 unspecified atom stereocenters. The second-order valence-electron chi connectivity index (χ2n) is 4.68. The topological polar surface area (TPSA) is 33.2 Å². The van der Waals surface area contributed by atoms with Crippen molar-refractivity contribution in [3.8, 4) is 0 Å². The summed E-state index contributed by atoms with van der Waals surface area (Å²) in [7, 11) is 0. The van der Waals surface area contributed by atoms with E-state index < -0.39 is 0 Å². The summed E-state index contributed by atoms with van der Waals surface area (Å²) in [6.45, 7) is 5.72. The second-order valence-corrected chi connectivity index (χ2v) is 4.68. The fourth-order valence-corrected chi connectivity index (χ4v) is 2.11. The van der Waals surface area contributed by atoms with E-state index in [0.29, 0.717) is 12.1 Å². The fraction of sp³-hybridized carbons (Fsp3) is 0.294. The Hall–Kier alpha value is -2.16. The van der Waals surface area contributed by atoms with Gasteiger partial charge in [0.1, 0.15) is 5.69 Å². The third-order valence-electron chi connectivity index (χ3n) is 3.32. The van der Waals surface area contributed by atoms with Crippen molar-refractivity contribution in [2.75, 3.05) is 11.4 Å². The molecule has 104 valence electrons. The summed E-state index contributed by atoms with van der Waals surface area (Å²) in [6.07, 6.45) is 2.28. The number of nitrogens with zero attached hydrogens (tertiary/aromatic N) is 2. The Labute approximate surface area is 120 Å². The van der Waals surface area contributed by atoms with E-state index in [2.05, 4.69) is 28.9 Å². The van der Waals surface area contributed by atoms with Gasteiger partial charge in [0.2, 0.25) is 0 Å². The summed E-state index contributed by atoms with van der Waals surface area (Å²) in [5.74, 6) is 0.0858. The van der Waals surface area contributed by atoms with Crippen LogP contribution >= 0.6 is 0 Å². The summed E-state index contributed by atoms with van der Waals surface area (Å²) >= 11 is 0. The van der Waals surface area contributed by atoms with Crippen LogP contribution in [0, 0.1) is 0 Å². The first-order valence-electron chi connectivity index (χ1n) is 7.02. The van der Waals surface area contributed by atoms with Gasteiger partial charge in [0.05, 0.1) is 11.9 Å². The van der Waals surface area contributed by atoms with Gasteiger partial charge < -0.3 is 4.90 Å². The average Bonchev–Trinajstić information content (AvgIpc) is 2.53. The highest BCUT2D eigenvalue weighted by Gasteiger charge is 2.08. The lowest BCUT2D eigenvalue weighted by atomic mass is 10.2. The Morgan fingerprint density at radius 2 is 1.85 bits per heavy atom. The van der Waals surface area contributed by atoms with E-state index in [-0.39, 0.29) is 5.78 Å². The predicted octanol–water partition coefficient (Wildman–Crippen LogP) is 3.70. The Balaban J connectivity index is 2.13. The largest absolute Gasteiger partial charge is 0.366 e. The van der Waals surface area contributed by atoms with Crippen LogP contribution in [0.25, 0.3) is 0 Å². The van der Waals surface area contributed by atoms with Crippen molar-refractivity contribution in [1.82, 2.24) is 4.98 Å².